The summed E-state index contributed by atoms with van der Waals surface area (Å²) in [7, 11) is 0. The number of hydrogen-bond acceptors (Lipinski definition) is 5. The Kier molecular flexibility index (Phi) is 6.18. The van der Waals surface area contributed by atoms with Gasteiger partial charge in [-0.25, -0.2) is 9.59 Å². The van der Waals surface area contributed by atoms with Gasteiger partial charge in [0, 0.05) is 5.69 Å². The standard InChI is InChI=1S/C25H27N3O5/c1-16(2)33-22(30)18-10-12-19(13-11-18)26-21(29)15-28-23(31)25(27-24(28)32)14-6-5-8-17-7-3-4-9-20(17)25/h3-4,7,9-13,16H,5-6,8,14-15H2,1-2H3,(H,26,29)(H,27,32). The maximum Gasteiger partial charge on any atom is 0.338 e. The van der Waals surface area contributed by atoms with Crippen molar-refractivity contribution in [3.8, 4) is 0 Å². The first-order valence-corrected chi connectivity index (χ1v) is 11.1. The molecule has 0 bridgehead atoms. The third-order valence-electron chi connectivity index (χ3n) is 5.95. The third-order valence-corrected chi connectivity index (χ3v) is 5.95. The number of carbonyl (C=O) groups excluding carboxylic acids is 4. The molecule has 172 valence electrons. The highest BCUT2D eigenvalue weighted by molar-refractivity contribution is 6.10. The molecule has 1 heterocycles. The molecule has 1 unspecified atom stereocenters. The smallest absolute Gasteiger partial charge is 0.338 e. The predicted molar refractivity (Wildman–Crippen MR) is 122 cm³/mol. The zero-order valence-electron chi connectivity index (χ0n) is 18.7. The Morgan fingerprint density at radius 3 is 2.55 bits per heavy atom. The molecule has 2 N–H and O–H groups in total. The van der Waals surface area contributed by atoms with Crippen molar-refractivity contribution in [3.05, 3.63) is 65.2 Å². The minimum Gasteiger partial charge on any atom is -0.459 e. The van der Waals surface area contributed by atoms with E-state index in [0.29, 0.717) is 17.7 Å². The summed E-state index contributed by atoms with van der Waals surface area (Å²) in [5, 5.41) is 5.55. The summed E-state index contributed by atoms with van der Waals surface area (Å²) in [5.41, 5.74) is 1.55. The second-order valence-electron chi connectivity index (χ2n) is 8.67. The van der Waals surface area contributed by atoms with Crippen molar-refractivity contribution in [3.63, 3.8) is 0 Å². The van der Waals surface area contributed by atoms with E-state index in [9.17, 15) is 19.2 Å². The van der Waals surface area contributed by atoms with E-state index in [1.165, 1.54) is 0 Å². The van der Waals surface area contributed by atoms with Gasteiger partial charge in [0.1, 0.15) is 12.1 Å². The molecule has 0 aromatic heterocycles. The van der Waals surface area contributed by atoms with Crippen LogP contribution in [0.1, 0.15) is 54.6 Å². The van der Waals surface area contributed by atoms with Crippen molar-refractivity contribution < 1.29 is 23.9 Å². The van der Waals surface area contributed by atoms with Crippen LogP contribution in [0.15, 0.2) is 48.5 Å². The topological polar surface area (TPSA) is 105 Å². The van der Waals surface area contributed by atoms with Crippen LogP contribution < -0.4 is 10.6 Å². The highest BCUT2D eigenvalue weighted by Gasteiger charge is 2.53. The molecule has 8 heteroatoms. The Morgan fingerprint density at radius 2 is 1.82 bits per heavy atom. The number of anilines is 1. The number of carbonyl (C=O) groups is 4. The minimum absolute atomic E-state index is 0.232. The average Bonchev–Trinajstić information content (AvgIpc) is 2.91. The van der Waals surface area contributed by atoms with E-state index in [2.05, 4.69) is 10.6 Å². The highest BCUT2D eigenvalue weighted by atomic mass is 16.5. The number of nitrogens with zero attached hydrogens (tertiary/aromatic N) is 1. The number of nitrogens with one attached hydrogen (secondary N) is 2. The van der Waals surface area contributed by atoms with E-state index in [-0.39, 0.29) is 6.10 Å². The number of esters is 1. The lowest BCUT2D eigenvalue weighted by atomic mass is 9.84. The minimum atomic E-state index is -1.12. The normalized spacial score (nSPS) is 19.8. The molecule has 0 radical (unpaired) electrons. The first kappa shape index (κ1) is 22.5. The lowest BCUT2D eigenvalue weighted by Crippen LogP contribution is -2.44. The number of imide groups is 1. The summed E-state index contributed by atoms with van der Waals surface area (Å²) < 4.78 is 5.14. The van der Waals surface area contributed by atoms with Gasteiger partial charge in [-0.05, 0) is 74.9 Å². The number of rotatable bonds is 5. The van der Waals surface area contributed by atoms with Crippen molar-refractivity contribution >= 4 is 29.5 Å². The van der Waals surface area contributed by atoms with E-state index < -0.39 is 35.9 Å². The van der Waals surface area contributed by atoms with E-state index >= 15 is 0 Å². The number of urea groups is 1. The van der Waals surface area contributed by atoms with Crippen LogP contribution in [0.5, 0.6) is 0 Å². The molecule has 4 amide bonds. The van der Waals surface area contributed by atoms with E-state index in [4.69, 9.17) is 4.74 Å². The fraction of sp³-hybridized carbons (Fsp3) is 0.360. The maximum atomic E-state index is 13.4. The van der Waals surface area contributed by atoms with Crippen molar-refractivity contribution in [1.29, 1.82) is 0 Å². The Morgan fingerprint density at radius 1 is 1.09 bits per heavy atom. The number of benzene rings is 2. The molecule has 1 spiro atoms. The molecule has 1 atom stereocenters. The summed E-state index contributed by atoms with van der Waals surface area (Å²) >= 11 is 0. The second kappa shape index (κ2) is 9.05. The van der Waals surface area contributed by atoms with Gasteiger partial charge >= 0.3 is 12.0 Å². The van der Waals surface area contributed by atoms with E-state index in [1.54, 1.807) is 38.1 Å². The van der Waals surface area contributed by atoms with E-state index in [0.717, 1.165) is 35.3 Å². The summed E-state index contributed by atoms with van der Waals surface area (Å²) in [6.07, 6.45) is 2.85. The summed E-state index contributed by atoms with van der Waals surface area (Å²) in [6.45, 7) is 3.13. The van der Waals surface area contributed by atoms with Crippen LogP contribution in [-0.2, 0) is 26.3 Å². The molecule has 0 saturated carbocycles. The summed E-state index contributed by atoms with van der Waals surface area (Å²) in [6, 6.07) is 13.3. The SMILES string of the molecule is CC(C)OC(=O)c1ccc(NC(=O)CN2C(=O)NC3(CCCCc4ccccc43)C2=O)cc1. The van der Waals surface area contributed by atoms with Crippen LogP contribution in [0.3, 0.4) is 0 Å². The van der Waals surface area contributed by atoms with Crippen LogP contribution in [-0.4, -0.2) is 41.4 Å². The number of ether oxygens (including phenoxy) is 1. The van der Waals surface area contributed by atoms with Gasteiger partial charge in [-0.1, -0.05) is 24.3 Å². The monoisotopic (exact) mass is 449 g/mol. The van der Waals surface area contributed by atoms with Gasteiger partial charge in [-0.3, -0.25) is 14.5 Å². The number of aryl methyl sites for hydroxylation is 1. The molecule has 2 aromatic carbocycles. The van der Waals surface area contributed by atoms with Gasteiger partial charge in [0.15, 0.2) is 0 Å². The summed E-state index contributed by atoms with van der Waals surface area (Å²) in [5.74, 6) is -1.35. The maximum absolute atomic E-state index is 13.4. The fourth-order valence-electron chi connectivity index (χ4n) is 4.43. The zero-order valence-corrected chi connectivity index (χ0v) is 18.7. The van der Waals surface area contributed by atoms with Crippen LogP contribution in [0, 0.1) is 0 Å². The third kappa shape index (κ3) is 4.46. The van der Waals surface area contributed by atoms with Crippen molar-refractivity contribution in [2.75, 3.05) is 11.9 Å². The van der Waals surface area contributed by atoms with Crippen LogP contribution in [0.25, 0.3) is 0 Å². The van der Waals surface area contributed by atoms with Crippen LogP contribution >= 0.6 is 0 Å². The Hall–Kier alpha value is -3.68. The second-order valence-corrected chi connectivity index (χ2v) is 8.67. The van der Waals surface area contributed by atoms with Gasteiger partial charge in [0.2, 0.25) is 5.91 Å². The predicted octanol–water partition coefficient (Wildman–Crippen LogP) is 3.36. The number of hydrogen-bond donors (Lipinski definition) is 2. The van der Waals surface area contributed by atoms with Crippen LogP contribution in [0.4, 0.5) is 10.5 Å². The molecule has 8 nitrogen and oxygen atoms in total. The molecule has 4 rings (SSSR count). The summed E-state index contributed by atoms with van der Waals surface area (Å²) in [4.78, 5) is 51.7. The molecule has 2 aromatic rings. The zero-order chi connectivity index (χ0) is 23.6. The first-order chi connectivity index (χ1) is 15.8. The quantitative estimate of drug-likeness (QED) is 0.538. The molecule has 1 aliphatic carbocycles. The van der Waals surface area contributed by atoms with Gasteiger partial charge in [0.05, 0.1) is 11.7 Å². The Labute approximate surface area is 192 Å². The lowest BCUT2D eigenvalue weighted by molar-refractivity contribution is -0.134. The fourth-order valence-corrected chi connectivity index (χ4v) is 4.43. The Balaban J connectivity index is 1.46. The van der Waals surface area contributed by atoms with Gasteiger partial charge in [-0.15, -0.1) is 0 Å². The van der Waals surface area contributed by atoms with Crippen molar-refractivity contribution in [2.24, 2.45) is 0 Å². The molecular formula is C25H27N3O5. The molecule has 1 aliphatic heterocycles. The van der Waals surface area contributed by atoms with Crippen molar-refractivity contribution in [1.82, 2.24) is 10.2 Å². The highest BCUT2D eigenvalue weighted by Crippen LogP contribution is 2.38. The largest absolute Gasteiger partial charge is 0.459 e. The van der Waals surface area contributed by atoms with E-state index in [1.807, 2.05) is 24.3 Å². The van der Waals surface area contributed by atoms with Crippen molar-refractivity contribution in [2.45, 2.75) is 51.2 Å². The van der Waals surface area contributed by atoms with Gasteiger partial charge in [-0.2, -0.15) is 0 Å². The molecule has 1 fully saturated rings. The van der Waals surface area contributed by atoms with Crippen LogP contribution in [0.2, 0.25) is 0 Å². The molecule has 33 heavy (non-hydrogen) atoms. The molecular weight excluding hydrogens is 422 g/mol. The molecule has 1 saturated heterocycles. The Bertz CT molecular complexity index is 1100. The van der Waals surface area contributed by atoms with Gasteiger partial charge < -0.3 is 15.4 Å². The number of fused-ring (bicyclic) bond motifs is 2. The van der Waals surface area contributed by atoms with Gasteiger partial charge in [0.25, 0.3) is 5.91 Å². The lowest BCUT2D eigenvalue weighted by Gasteiger charge is -2.27. The molecule has 2 aliphatic rings. The average molecular weight is 450 g/mol. The first-order valence-electron chi connectivity index (χ1n) is 11.1. The number of amides is 4.